The van der Waals surface area contributed by atoms with Crippen LogP contribution in [0.15, 0.2) is 30.3 Å². The van der Waals surface area contributed by atoms with E-state index in [0.29, 0.717) is 24.3 Å². The van der Waals surface area contributed by atoms with Crippen molar-refractivity contribution in [3.05, 3.63) is 35.9 Å². The van der Waals surface area contributed by atoms with Crippen molar-refractivity contribution in [3.63, 3.8) is 0 Å². The molecule has 6 nitrogen and oxygen atoms in total. The molecule has 4 rings (SSSR count). The van der Waals surface area contributed by atoms with Gasteiger partial charge in [-0.05, 0) is 24.3 Å². The zero-order chi connectivity index (χ0) is 18.6. The lowest BCUT2D eigenvalue weighted by atomic mass is 9.51. The van der Waals surface area contributed by atoms with E-state index in [4.69, 9.17) is 14.9 Å². The SMILES string of the molecule is C[C@H]1CC[C@]23OC(=N)[C@](C#N)([C@@H]2C1)C(C#N)(C#N)[C@H](c1ccccc1)O3. The highest BCUT2D eigenvalue weighted by molar-refractivity contribution is 5.89. The van der Waals surface area contributed by atoms with Crippen LogP contribution in [0.4, 0.5) is 0 Å². The van der Waals surface area contributed by atoms with Crippen molar-refractivity contribution >= 4 is 5.90 Å². The molecule has 1 aromatic carbocycles. The maximum Gasteiger partial charge on any atom is 0.217 e. The lowest BCUT2D eigenvalue weighted by molar-refractivity contribution is -0.298. The molecular weight excluding hydrogens is 328 g/mol. The molecule has 1 saturated carbocycles. The molecule has 2 bridgehead atoms. The van der Waals surface area contributed by atoms with Gasteiger partial charge >= 0.3 is 0 Å². The van der Waals surface area contributed by atoms with Gasteiger partial charge in [-0.15, -0.1) is 0 Å². The Labute approximate surface area is 152 Å². The summed E-state index contributed by atoms with van der Waals surface area (Å²) in [6, 6.07) is 15.4. The van der Waals surface area contributed by atoms with Crippen LogP contribution in [-0.4, -0.2) is 11.7 Å². The minimum absolute atomic E-state index is 0.305. The molecule has 0 spiro atoms. The summed E-state index contributed by atoms with van der Waals surface area (Å²) in [5.74, 6) is -1.62. The van der Waals surface area contributed by atoms with E-state index >= 15 is 0 Å². The molecule has 6 heteroatoms. The van der Waals surface area contributed by atoms with Gasteiger partial charge in [-0.3, -0.25) is 5.41 Å². The normalized spacial score (nSPS) is 39.6. The first-order valence-electron chi connectivity index (χ1n) is 8.74. The highest BCUT2D eigenvalue weighted by Crippen LogP contribution is 2.69. The molecule has 3 fully saturated rings. The standard InChI is InChI=1S/C20H18N4O2/c1-13-7-8-20-15(9-13)19(12-23,17(24)26-20)18(10-21,11-22)16(25-20)14-5-3-2-4-6-14/h2-6,13,15-16,24H,7-9H2,1H3/t13-,15-,16-,19-,20-/m0/s1. The number of ether oxygens (including phenoxy) is 2. The van der Waals surface area contributed by atoms with E-state index in [1.165, 1.54) is 0 Å². The summed E-state index contributed by atoms with van der Waals surface area (Å²) in [6.07, 6.45) is 1.02. The van der Waals surface area contributed by atoms with Crippen molar-refractivity contribution in [3.8, 4) is 18.2 Å². The van der Waals surface area contributed by atoms with Gasteiger partial charge in [0.2, 0.25) is 17.1 Å². The lowest BCUT2D eigenvalue weighted by Gasteiger charge is -2.52. The second-order valence-corrected chi connectivity index (χ2v) is 7.54. The van der Waals surface area contributed by atoms with Crippen LogP contribution in [0.1, 0.15) is 37.9 Å². The van der Waals surface area contributed by atoms with Gasteiger partial charge in [0, 0.05) is 6.42 Å². The summed E-state index contributed by atoms with van der Waals surface area (Å²) < 4.78 is 12.2. The van der Waals surface area contributed by atoms with Crippen LogP contribution < -0.4 is 0 Å². The Hall–Kier alpha value is -2.88. The monoisotopic (exact) mass is 346 g/mol. The molecule has 0 radical (unpaired) electrons. The average Bonchev–Trinajstić information content (AvgIpc) is 2.86. The smallest absolute Gasteiger partial charge is 0.217 e. The van der Waals surface area contributed by atoms with Crippen molar-refractivity contribution in [2.75, 3.05) is 0 Å². The van der Waals surface area contributed by atoms with E-state index in [-0.39, 0.29) is 5.90 Å². The molecule has 0 aromatic heterocycles. The maximum absolute atomic E-state index is 10.2. The fraction of sp³-hybridized carbons (Fsp3) is 0.500. The molecule has 1 aliphatic carbocycles. The number of hydrogen-bond donors (Lipinski definition) is 1. The van der Waals surface area contributed by atoms with E-state index in [9.17, 15) is 15.8 Å². The van der Waals surface area contributed by atoms with Crippen molar-refractivity contribution in [2.24, 2.45) is 22.7 Å². The Morgan fingerprint density at radius 3 is 2.42 bits per heavy atom. The molecule has 0 amide bonds. The van der Waals surface area contributed by atoms with E-state index in [0.717, 1.165) is 6.42 Å². The topological polar surface area (TPSA) is 114 Å². The number of benzene rings is 1. The highest BCUT2D eigenvalue weighted by atomic mass is 16.7. The second-order valence-electron chi connectivity index (χ2n) is 7.54. The lowest BCUT2D eigenvalue weighted by Crippen LogP contribution is -2.60. The van der Waals surface area contributed by atoms with Crippen LogP contribution in [0.3, 0.4) is 0 Å². The van der Waals surface area contributed by atoms with E-state index in [2.05, 4.69) is 25.1 Å². The highest BCUT2D eigenvalue weighted by Gasteiger charge is 2.80. The fourth-order valence-electron chi connectivity index (χ4n) is 4.96. The third kappa shape index (κ3) is 1.69. The molecule has 3 aliphatic rings. The molecule has 2 saturated heterocycles. The van der Waals surface area contributed by atoms with E-state index in [1.54, 1.807) is 24.3 Å². The molecule has 0 unspecified atom stereocenters. The van der Waals surface area contributed by atoms with E-state index < -0.39 is 28.6 Å². The van der Waals surface area contributed by atoms with Gasteiger partial charge in [0.05, 0.1) is 24.1 Å². The number of nitrogens with zero attached hydrogens (tertiary/aromatic N) is 3. The Balaban J connectivity index is 2.00. The molecule has 26 heavy (non-hydrogen) atoms. The minimum atomic E-state index is -1.85. The van der Waals surface area contributed by atoms with Crippen LogP contribution in [0.2, 0.25) is 0 Å². The summed E-state index contributed by atoms with van der Waals surface area (Å²) in [6.45, 7) is 2.07. The predicted molar refractivity (Wildman–Crippen MR) is 90.0 cm³/mol. The summed E-state index contributed by atoms with van der Waals surface area (Å²) in [5.41, 5.74) is -2.84. The zero-order valence-corrected chi connectivity index (χ0v) is 14.4. The molecule has 1 N–H and O–H groups in total. The maximum atomic E-state index is 10.2. The van der Waals surface area contributed by atoms with Gasteiger partial charge in [0.15, 0.2) is 5.41 Å². The Morgan fingerprint density at radius 2 is 1.81 bits per heavy atom. The van der Waals surface area contributed by atoms with Crippen LogP contribution in [0, 0.1) is 62.1 Å². The Bertz CT molecular complexity index is 879. The third-order valence-corrected chi connectivity index (χ3v) is 6.27. The summed E-state index contributed by atoms with van der Waals surface area (Å²) >= 11 is 0. The average molecular weight is 346 g/mol. The van der Waals surface area contributed by atoms with Gasteiger partial charge in [-0.25, -0.2) is 0 Å². The molecule has 2 heterocycles. The first-order chi connectivity index (χ1) is 12.5. The first kappa shape index (κ1) is 16.6. The fourth-order valence-corrected chi connectivity index (χ4v) is 4.96. The molecule has 2 aliphatic heterocycles. The van der Waals surface area contributed by atoms with Crippen molar-refractivity contribution in [2.45, 2.75) is 38.1 Å². The van der Waals surface area contributed by atoms with Crippen LogP contribution in [0.5, 0.6) is 0 Å². The largest absolute Gasteiger partial charge is 0.447 e. The predicted octanol–water partition coefficient (Wildman–Crippen LogP) is 3.44. The van der Waals surface area contributed by atoms with Crippen molar-refractivity contribution in [1.29, 1.82) is 21.2 Å². The number of rotatable bonds is 1. The van der Waals surface area contributed by atoms with Gasteiger partial charge in [-0.2, -0.15) is 15.8 Å². The quantitative estimate of drug-likeness (QED) is 0.836. The van der Waals surface area contributed by atoms with E-state index in [1.807, 2.05) is 6.07 Å². The Morgan fingerprint density at radius 1 is 1.12 bits per heavy atom. The second kappa shape index (κ2) is 5.31. The summed E-state index contributed by atoms with van der Waals surface area (Å²) in [5, 5.41) is 38.9. The molecule has 1 aromatic rings. The number of nitrogens with one attached hydrogen (secondary N) is 1. The van der Waals surface area contributed by atoms with Crippen LogP contribution >= 0.6 is 0 Å². The minimum Gasteiger partial charge on any atom is -0.447 e. The first-order valence-corrected chi connectivity index (χ1v) is 8.74. The van der Waals surface area contributed by atoms with Crippen molar-refractivity contribution in [1.82, 2.24) is 0 Å². The van der Waals surface area contributed by atoms with Gasteiger partial charge in [0.1, 0.15) is 6.10 Å². The van der Waals surface area contributed by atoms with Crippen LogP contribution in [0.25, 0.3) is 0 Å². The van der Waals surface area contributed by atoms with Crippen molar-refractivity contribution < 1.29 is 9.47 Å². The molecular formula is C20H18N4O2. The third-order valence-electron chi connectivity index (χ3n) is 6.27. The molecule has 5 atom stereocenters. The molecule has 130 valence electrons. The van der Waals surface area contributed by atoms with Crippen LogP contribution in [-0.2, 0) is 9.47 Å². The van der Waals surface area contributed by atoms with Gasteiger partial charge in [-0.1, -0.05) is 37.3 Å². The van der Waals surface area contributed by atoms with Gasteiger partial charge < -0.3 is 9.47 Å². The van der Waals surface area contributed by atoms with Gasteiger partial charge in [0.25, 0.3) is 0 Å². The number of nitriles is 3. The zero-order valence-electron chi connectivity index (χ0n) is 14.4. The Kier molecular flexibility index (Phi) is 3.38. The number of hydrogen-bond acceptors (Lipinski definition) is 6. The summed E-state index contributed by atoms with van der Waals surface area (Å²) in [4.78, 5) is 0. The summed E-state index contributed by atoms with van der Waals surface area (Å²) in [7, 11) is 0.